The van der Waals surface area contributed by atoms with Crippen molar-refractivity contribution >= 4 is 15.9 Å². The highest BCUT2D eigenvalue weighted by Gasteiger charge is 2.19. The fraction of sp³-hybridized carbons (Fsp3) is 0.290. The number of rotatable bonds is 10. The third-order valence-electron chi connectivity index (χ3n) is 7.11. The maximum Gasteiger partial charge on any atom is 0.333 e. The Bertz CT molecular complexity index is 1600. The van der Waals surface area contributed by atoms with E-state index in [-0.39, 0.29) is 5.69 Å². The van der Waals surface area contributed by atoms with Gasteiger partial charge in [0.1, 0.15) is 0 Å². The van der Waals surface area contributed by atoms with Crippen LogP contribution in [0, 0.1) is 0 Å². The maximum absolute atomic E-state index is 13.9. The van der Waals surface area contributed by atoms with Gasteiger partial charge in [-0.1, -0.05) is 94.3 Å². The predicted molar refractivity (Wildman–Crippen MR) is 159 cm³/mol. The Morgan fingerprint density at radius 2 is 1.72 bits per heavy atom. The van der Waals surface area contributed by atoms with Gasteiger partial charge in [-0.15, -0.1) is 5.10 Å². The standard InChI is InChI=1S/C31H33BrN6O/c1-4-5-6-10-24-20-38(29-25(21(2)3)13-9-14-28(29)32)31(39)37(24)19-22-15-17-23(18-16-22)26-11-7-8-12-27(26)30-33-35-36-34-30/h7-9,11-18,20-21H,4-6,10,19H2,1-3H3,(H,33,34,35,36). The SMILES string of the molecule is CCCCCc1cn(-c2c(Br)cccc2C(C)C)c(=O)n1Cc1ccc(-c2ccccc2-c2nnn[nH]2)cc1. The van der Waals surface area contributed by atoms with Crippen LogP contribution in [0.1, 0.15) is 62.8 Å². The summed E-state index contributed by atoms with van der Waals surface area (Å²) < 4.78 is 4.69. The van der Waals surface area contributed by atoms with Crippen LogP contribution in [0.3, 0.4) is 0 Å². The number of nitrogens with one attached hydrogen (secondary N) is 1. The molecule has 0 saturated carbocycles. The van der Waals surface area contributed by atoms with Gasteiger partial charge < -0.3 is 0 Å². The molecule has 8 heteroatoms. The molecule has 5 rings (SSSR count). The van der Waals surface area contributed by atoms with E-state index < -0.39 is 0 Å². The molecule has 0 fully saturated rings. The Labute approximate surface area is 237 Å². The summed E-state index contributed by atoms with van der Waals surface area (Å²) in [7, 11) is 0. The molecule has 200 valence electrons. The van der Waals surface area contributed by atoms with Gasteiger partial charge >= 0.3 is 5.69 Å². The summed E-state index contributed by atoms with van der Waals surface area (Å²) >= 11 is 3.72. The molecule has 1 N–H and O–H groups in total. The zero-order valence-electron chi connectivity index (χ0n) is 22.6. The second kappa shape index (κ2) is 11.9. The van der Waals surface area contributed by atoms with Gasteiger partial charge in [-0.3, -0.25) is 9.13 Å². The third-order valence-corrected chi connectivity index (χ3v) is 7.75. The van der Waals surface area contributed by atoms with Crippen molar-refractivity contribution in [1.82, 2.24) is 29.8 Å². The molecular weight excluding hydrogens is 552 g/mol. The Morgan fingerprint density at radius 3 is 2.41 bits per heavy atom. The van der Waals surface area contributed by atoms with Crippen LogP contribution in [-0.2, 0) is 13.0 Å². The van der Waals surface area contributed by atoms with Crippen LogP contribution < -0.4 is 5.69 Å². The van der Waals surface area contributed by atoms with Gasteiger partial charge in [0.05, 0.1) is 12.2 Å². The first-order chi connectivity index (χ1) is 19.0. The van der Waals surface area contributed by atoms with Crippen molar-refractivity contribution in [3.63, 3.8) is 0 Å². The van der Waals surface area contributed by atoms with Gasteiger partial charge in [0.15, 0.2) is 5.82 Å². The average Bonchev–Trinajstić information content (AvgIpc) is 3.58. The zero-order chi connectivity index (χ0) is 27.4. The lowest BCUT2D eigenvalue weighted by Crippen LogP contribution is -2.25. The van der Waals surface area contributed by atoms with Crippen LogP contribution in [0.4, 0.5) is 0 Å². The second-order valence-corrected chi connectivity index (χ2v) is 11.0. The summed E-state index contributed by atoms with van der Waals surface area (Å²) in [5, 5.41) is 14.4. The fourth-order valence-corrected chi connectivity index (χ4v) is 5.62. The van der Waals surface area contributed by atoms with Crippen LogP contribution in [0.5, 0.6) is 0 Å². The monoisotopic (exact) mass is 584 g/mol. The first-order valence-electron chi connectivity index (χ1n) is 13.5. The third kappa shape index (κ3) is 5.66. The Morgan fingerprint density at radius 1 is 0.949 bits per heavy atom. The Kier molecular flexibility index (Phi) is 8.21. The molecule has 0 atom stereocenters. The minimum absolute atomic E-state index is 0.0115. The fourth-order valence-electron chi connectivity index (χ4n) is 5.05. The van der Waals surface area contributed by atoms with E-state index in [2.05, 4.69) is 93.7 Å². The van der Waals surface area contributed by atoms with Crippen molar-refractivity contribution in [2.45, 2.75) is 58.9 Å². The highest BCUT2D eigenvalue weighted by Crippen LogP contribution is 2.31. The number of unbranched alkanes of at least 4 members (excludes halogenated alkanes) is 2. The number of aromatic amines is 1. The molecule has 0 radical (unpaired) electrons. The highest BCUT2D eigenvalue weighted by molar-refractivity contribution is 9.10. The predicted octanol–water partition coefficient (Wildman–Crippen LogP) is 7.15. The molecule has 0 saturated heterocycles. The summed E-state index contributed by atoms with van der Waals surface area (Å²) in [5.74, 6) is 0.923. The molecule has 0 unspecified atom stereocenters. The number of nitrogens with zero attached hydrogens (tertiary/aromatic N) is 5. The quantitative estimate of drug-likeness (QED) is 0.177. The van der Waals surface area contributed by atoms with Crippen molar-refractivity contribution in [2.24, 2.45) is 0 Å². The van der Waals surface area contributed by atoms with E-state index in [0.717, 1.165) is 69.4 Å². The number of tetrazole rings is 1. The maximum atomic E-state index is 13.9. The summed E-state index contributed by atoms with van der Waals surface area (Å²) in [6.07, 6.45) is 6.24. The number of para-hydroxylation sites is 1. The minimum atomic E-state index is -0.0115. The Balaban J connectivity index is 1.50. The number of hydrogen-bond acceptors (Lipinski definition) is 4. The average molecular weight is 586 g/mol. The lowest BCUT2D eigenvalue weighted by Gasteiger charge is -2.14. The summed E-state index contributed by atoms with van der Waals surface area (Å²) in [6.45, 7) is 7.04. The van der Waals surface area contributed by atoms with Gasteiger partial charge in [-0.25, -0.2) is 9.89 Å². The zero-order valence-corrected chi connectivity index (χ0v) is 24.1. The number of halogens is 1. The van der Waals surface area contributed by atoms with Crippen molar-refractivity contribution in [3.8, 4) is 28.2 Å². The second-order valence-electron chi connectivity index (χ2n) is 10.1. The Hall–Kier alpha value is -3.78. The van der Waals surface area contributed by atoms with E-state index >= 15 is 0 Å². The summed E-state index contributed by atoms with van der Waals surface area (Å²) in [6, 6.07) is 22.6. The molecule has 0 bridgehead atoms. The summed E-state index contributed by atoms with van der Waals surface area (Å²) in [5.41, 5.74) is 7.25. The molecule has 39 heavy (non-hydrogen) atoms. The lowest BCUT2D eigenvalue weighted by atomic mass is 9.98. The molecule has 0 aliphatic rings. The van der Waals surface area contributed by atoms with E-state index in [9.17, 15) is 4.79 Å². The minimum Gasteiger partial charge on any atom is -0.292 e. The summed E-state index contributed by atoms with van der Waals surface area (Å²) in [4.78, 5) is 13.9. The van der Waals surface area contributed by atoms with Gasteiger partial charge in [-0.2, -0.15) is 0 Å². The molecule has 0 spiro atoms. The lowest BCUT2D eigenvalue weighted by molar-refractivity contribution is 0.652. The van der Waals surface area contributed by atoms with Gasteiger partial charge in [0.25, 0.3) is 0 Å². The van der Waals surface area contributed by atoms with E-state index in [1.54, 1.807) is 0 Å². The molecule has 2 heterocycles. The largest absolute Gasteiger partial charge is 0.333 e. The van der Waals surface area contributed by atoms with Crippen LogP contribution in [0.25, 0.3) is 28.2 Å². The first-order valence-corrected chi connectivity index (χ1v) is 14.3. The first kappa shape index (κ1) is 26.8. The molecule has 0 aliphatic heterocycles. The number of benzene rings is 3. The molecule has 7 nitrogen and oxygen atoms in total. The van der Waals surface area contributed by atoms with E-state index in [1.165, 1.54) is 0 Å². The van der Waals surface area contributed by atoms with Crippen LogP contribution in [0.15, 0.2) is 82.2 Å². The van der Waals surface area contributed by atoms with Gasteiger partial charge in [0, 0.05) is 21.9 Å². The molecule has 5 aromatic rings. The molecular formula is C31H33BrN6O. The van der Waals surface area contributed by atoms with Crippen LogP contribution >= 0.6 is 15.9 Å². The van der Waals surface area contributed by atoms with Gasteiger partial charge in [-0.05, 0) is 73.4 Å². The number of H-pyrrole nitrogens is 1. The van der Waals surface area contributed by atoms with Crippen molar-refractivity contribution in [2.75, 3.05) is 0 Å². The normalized spacial score (nSPS) is 11.4. The molecule has 0 amide bonds. The number of imidazole rings is 1. The van der Waals surface area contributed by atoms with Crippen LogP contribution in [0.2, 0.25) is 0 Å². The number of hydrogen-bond donors (Lipinski definition) is 1. The molecule has 0 aliphatic carbocycles. The van der Waals surface area contributed by atoms with Crippen molar-refractivity contribution in [3.05, 3.63) is 105 Å². The van der Waals surface area contributed by atoms with E-state index in [0.29, 0.717) is 18.3 Å². The number of aromatic nitrogens is 6. The molecule has 2 aromatic heterocycles. The smallest absolute Gasteiger partial charge is 0.292 e. The van der Waals surface area contributed by atoms with Crippen molar-refractivity contribution in [1.29, 1.82) is 0 Å². The van der Waals surface area contributed by atoms with Crippen LogP contribution in [-0.4, -0.2) is 29.8 Å². The topological polar surface area (TPSA) is 81.4 Å². The highest BCUT2D eigenvalue weighted by atomic mass is 79.9. The van der Waals surface area contributed by atoms with E-state index in [4.69, 9.17) is 0 Å². The van der Waals surface area contributed by atoms with Crippen molar-refractivity contribution < 1.29 is 0 Å². The molecule has 3 aromatic carbocycles. The number of aryl methyl sites for hydroxylation is 1. The van der Waals surface area contributed by atoms with Gasteiger partial charge in [0.2, 0.25) is 0 Å². The van der Waals surface area contributed by atoms with E-state index in [1.807, 2.05) is 45.7 Å².